The molecule has 2 atom stereocenters. The van der Waals surface area contributed by atoms with Crippen molar-refractivity contribution >= 4 is 16.9 Å². The quantitative estimate of drug-likeness (QED) is 0.914. The number of hydrogen-bond acceptors (Lipinski definition) is 3. The van der Waals surface area contributed by atoms with Crippen molar-refractivity contribution in [1.29, 1.82) is 0 Å². The molecular weight excluding hydrogens is 273 g/mol. The summed E-state index contributed by atoms with van der Waals surface area (Å²) in [4.78, 5) is 12.1. The van der Waals surface area contributed by atoms with Crippen LogP contribution in [0, 0.1) is 11.7 Å². The van der Waals surface area contributed by atoms with Gasteiger partial charge in [0.2, 0.25) is 0 Å². The lowest BCUT2D eigenvalue weighted by atomic mass is 9.87. The molecule has 112 valence electrons. The van der Waals surface area contributed by atoms with Gasteiger partial charge in [-0.3, -0.25) is 4.79 Å². The van der Waals surface area contributed by atoms with Crippen LogP contribution in [0.15, 0.2) is 28.7 Å². The maximum atomic E-state index is 13.1. The second-order valence-corrected chi connectivity index (χ2v) is 5.69. The summed E-state index contributed by atoms with van der Waals surface area (Å²) < 4.78 is 18.5. The molecule has 1 aromatic carbocycles. The number of carbonyl (C=O) groups excluding carboxylic acids is 1. The highest BCUT2D eigenvalue weighted by molar-refractivity contribution is 5.96. The predicted octanol–water partition coefficient (Wildman–Crippen LogP) is 2.85. The van der Waals surface area contributed by atoms with Gasteiger partial charge in [-0.1, -0.05) is 6.42 Å². The Labute approximate surface area is 121 Å². The van der Waals surface area contributed by atoms with Gasteiger partial charge in [-0.05, 0) is 49.4 Å². The van der Waals surface area contributed by atoms with E-state index in [2.05, 4.69) is 5.32 Å². The lowest BCUT2D eigenvalue weighted by Gasteiger charge is -2.25. The van der Waals surface area contributed by atoms with Crippen molar-refractivity contribution in [1.82, 2.24) is 5.32 Å². The predicted molar refractivity (Wildman–Crippen MR) is 76.5 cm³/mol. The number of fused-ring (bicyclic) bond motifs is 1. The molecule has 4 nitrogen and oxygen atoms in total. The Balaban J connectivity index is 1.63. The molecule has 2 unspecified atom stereocenters. The van der Waals surface area contributed by atoms with Crippen LogP contribution in [0.3, 0.4) is 0 Å². The Morgan fingerprint density at radius 2 is 2.24 bits per heavy atom. The summed E-state index contributed by atoms with van der Waals surface area (Å²) in [6.45, 7) is 0.529. The first-order chi connectivity index (χ1) is 10.1. The number of benzene rings is 1. The van der Waals surface area contributed by atoms with Crippen LogP contribution in [0.25, 0.3) is 11.0 Å². The van der Waals surface area contributed by atoms with E-state index in [1.54, 1.807) is 6.07 Å². The summed E-state index contributed by atoms with van der Waals surface area (Å²) in [6.07, 6.45) is 3.33. The highest BCUT2D eigenvalue weighted by Crippen LogP contribution is 2.24. The Kier molecular flexibility index (Phi) is 3.92. The van der Waals surface area contributed by atoms with Crippen LogP contribution in [-0.2, 0) is 0 Å². The number of carbonyl (C=O) groups is 1. The molecule has 5 heteroatoms. The van der Waals surface area contributed by atoms with Gasteiger partial charge in [0.05, 0.1) is 6.10 Å². The average Bonchev–Trinajstić information content (AvgIpc) is 2.88. The first kappa shape index (κ1) is 14.1. The SMILES string of the molecule is O=C(NCC1CCCC(O)C1)c1cc2cc(F)ccc2o1. The van der Waals surface area contributed by atoms with E-state index in [4.69, 9.17) is 4.42 Å². The van der Waals surface area contributed by atoms with Crippen molar-refractivity contribution in [2.24, 2.45) is 5.92 Å². The molecular formula is C16H18FNO3. The molecule has 1 heterocycles. The van der Waals surface area contributed by atoms with E-state index in [1.807, 2.05) is 0 Å². The zero-order valence-corrected chi connectivity index (χ0v) is 11.6. The Morgan fingerprint density at radius 1 is 1.38 bits per heavy atom. The van der Waals surface area contributed by atoms with Gasteiger partial charge in [-0.15, -0.1) is 0 Å². The zero-order valence-electron chi connectivity index (χ0n) is 11.6. The highest BCUT2D eigenvalue weighted by atomic mass is 19.1. The first-order valence-electron chi connectivity index (χ1n) is 7.27. The van der Waals surface area contributed by atoms with E-state index in [0.29, 0.717) is 23.4 Å². The molecule has 0 saturated heterocycles. The van der Waals surface area contributed by atoms with Gasteiger partial charge in [0.25, 0.3) is 5.91 Å². The smallest absolute Gasteiger partial charge is 0.287 e. The summed E-state index contributed by atoms with van der Waals surface area (Å²) in [7, 11) is 0. The van der Waals surface area contributed by atoms with Gasteiger partial charge in [-0.25, -0.2) is 4.39 Å². The number of furan rings is 1. The zero-order chi connectivity index (χ0) is 14.8. The van der Waals surface area contributed by atoms with Crippen molar-refractivity contribution in [3.63, 3.8) is 0 Å². The third kappa shape index (κ3) is 3.24. The van der Waals surface area contributed by atoms with Gasteiger partial charge in [0.15, 0.2) is 5.76 Å². The van der Waals surface area contributed by atoms with E-state index in [0.717, 1.165) is 25.7 Å². The lowest BCUT2D eigenvalue weighted by molar-refractivity contribution is 0.0855. The fraction of sp³-hybridized carbons (Fsp3) is 0.438. The molecule has 1 aliphatic carbocycles. The third-order valence-electron chi connectivity index (χ3n) is 4.01. The minimum atomic E-state index is -0.355. The monoisotopic (exact) mass is 291 g/mol. The Morgan fingerprint density at radius 3 is 3.05 bits per heavy atom. The second kappa shape index (κ2) is 5.85. The molecule has 1 aromatic heterocycles. The summed E-state index contributed by atoms with van der Waals surface area (Å²) >= 11 is 0. The van der Waals surface area contributed by atoms with Gasteiger partial charge in [0.1, 0.15) is 11.4 Å². The average molecular weight is 291 g/mol. The summed E-state index contributed by atoms with van der Waals surface area (Å²) in [5.41, 5.74) is 0.495. The Bertz CT molecular complexity index is 652. The summed E-state index contributed by atoms with van der Waals surface area (Å²) in [5, 5.41) is 13.0. The van der Waals surface area contributed by atoms with Crippen molar-refractivity contribution in [3.05, 3.63) is 35.8 Å². The molecule has 0 spiro atoms. The molecule has 1 fully saturated rings. The van der Waals surface area contributed by atoms with Crippen molar-refractivity contribution in [2.75, 3.05) is 6.54 Å². The lowest BCUT2D eigenvalue weighted by Crippen LogP contribution is -2.32. The van der Waals surface area contributed by atoms with Crippen LogP contribution in [0.5, 0.6) is 0 Å². The molecule has 2 N–H and O–H groups in total. The van der Waals surface area contributed by atoms with E-state index in [-0.39, 0.29) is 23.6 Å². The normalized spacial score (nSPS) is 22.4. The molecule has 1 aliphatic rings. The van der Waals surface area contributed by atoms with Crippen molar-refractivity contribution in [3.8, 4) is 0 Å². The number of nitrogens with one attached hydrogen (secondary N) is 1. The number of amides is 1. The first-order valence-corrected chi connectivity index (χ1v) is 7.27. The van der Waals surface area contributed by atoms with Gasteiger partial charge >= 0.3 is 0 Å². The van der Waals surface area contributed by atoms with E-state index < -0.39 is 0 Å². The molecule has 0 radical (unpaired) electrons. The van der Waals surface area contributed by atoms with Crippen LogP contribution in [0.1, 0.15) is 36.2 Å². The maximum absolute atomic E-state index is 13.1. The molecule has 1 saturated carbocycles. The largest absolute Gasteiger partial charge is 0.451 e. The third-order valence-corrected chi connectivity index (χ3v) is 4.01. The fourth-order valence-corrected chi connectivity index (χ4v) is 2.90. The van der Waals surface area contributed by atoms with E-state index in [1.165, 1.54) is 18.2 Å². The van der Waals surface area contributed by atoms with E-state index in [9.17, 15) is 14.3 Å². The fourth-order valence-electron chi connectivity index (χ4n) is 2.90. The number of halogens is 1. The highest BCUT2D eigenvalue weighted by Gasteiger charge is 2.21. The summed E-state index contributed by atoms with van der Waals surface area (Å²) in [5.74, 6) is -0.162. The van der Waals surface area contributed by atoms with Crippen molar-refractivity contribution in [2.45, 2.75) is 31.8 Å². The van der Waals surface area contributed by atoms with Gasteiger partial charge in [0, 0.05) is 11.9 Å². The van der Waals surface area contributed by atoms with Crippen LogP contribution in [-0.4, -0.2) is 23.7 Å². The summed E-state index contributed by atoms with van der Waals surface area (Å²) in [6, 6.07) is 5.70. The van der Waals surface area contributed by atoms with Crippen molar-refractivity contribution < 1.29 is 18.7 Å². The molecule has 2 aromatic rings. The maximum Gasteiger partial charge on any atom is 0.287 e. The second-order valence-electron chi connectivity index (χ2n) is 5.69. The van der Waals surface area contributed by atoms with Crippen LogP contribution in [0.2, 0.25) is 0 Å². The number of aliphatic hydroxyl groups excluding tert-OH is 1. The van der Waals surface area contributed by atoms with Gasteiger partial charge in [-0.2, -0.15) is 0 Å². The minimum Gasteiger partial charge on any atom is -0.451 e. The molecule has 0 aliphatic heterocycles. The topological polar surface area (TPSA) is 62.5 Å². The molecule has 21 heavy (non-hydrogen) atoms. The van der Waals surface area contributed by atoms with Crippen LogP contribution >= 0.6 is 0 Å². The van der Waals surface area contributed by atoms with E-state index >= 15 is 0 Å². The standard InChI is InChI=1S/C16H18FNO3/c17-12-4-5-14-11(7-12)8-15(21-14)16(20)18-9-10-2-1-3-13(19)6-10/h4-5,7-8,10,13,19H,1-3,6,9H2,(H,18,20). The number of hydrogen-bond donors (Lipinski definition) is 2. The number of rotatable bonds is 3. The molecule has 3 rings (SSSR count). The Hall–Kier alpha value is -1.88. The van der Waals surface area contributed by atoms with Crippen LogP contribution in [0.4, 0.5) is 4.39 Å². The minimum absolute atomic E-state index is 0.187. The molecule has 0 bridgehead atoms. The van der Waals surface area contributed by atoms with Gasteiger partial charge < -0.3 is 14.8 Å². The molecule has 1 amide bonds. The number of aliphatic hydroxyl groups is 1. The van der Waals surface area contributed by atoms with Crippen LogP contribution < -0.4 is 5.32 Å².